The van der Waals surface area contributed by atoms with Gasteiger partial charge in [-0.3, -0.25) is 28.8 Å². The molecule has 0 fully saturated rings. The Bertz CT molecular complexity index is 1610. The van der Waals surface area contributed by atoms with Gasteiger partial charge in [-0.25, -0.2) is 0 Å². The number of hydrogen-bond donors (Lipinski definition) is 3. The zero-order chi connectivity index (χ0) is 35.4. The number of primary amides is 1. The normalized spacial score (nSPS) is 13.9. The minimum atomic E-state index is -1.14. The van der Waals surface area contributed by atoms with E-state index in [4.69, 9.17) is 5.73 Å². The molecule has 0 heterocycles. The zero-order valence-corrected chi connectivity index (χ0v) is 28.7. The Kier molecular flexibility index (Phi) is 13.8. The van der Waals surface area contributed by atoms with Crippen LogP contribution in [0.15, 0.2) is 72.8 Å². The predicted octanol–water partition coefficient (Wildman–Crippen LogP) is 4.91. The van der Waals surface area contributed by atoms with Crippen molar-refractivity contribution in [2.75, 3.05) is 6.54 Å². The molecule has 9 nitrogen and oxygen atoms in total. The van der Waals surface area contributed by atoms with Crippen molar-refractivity contribution in [3.8, 4) is 0 Å². The van der Waals surface area contributed by atoms with Crippen LogP contribution < -0.4 is 16.4 Å². The Morgan fingerprint density at radius 3 is 2.02 bits per heavy atom. The second-order valence-electron chi connectivity index (χ2n) is 14.0. The van der Waals surface area contributed by atoms with Crippen LogP contribution >= 0.6 is 0 Å². The number of benzene rings is 3. The van der Waals surface area contributed by atoms with Crippen LogP contribution in [-0.4, -0.2) is 47.7 Å². The molecule has 256 valence electrons. The van der Waals surface area contributed by atoms with Gasteiger partial charge in [0.2, 0.25) is 17.6 Å². The van der Waals surface area contributed by atoms with Crippen molar-refractivity contribution >= 4 is 45.8 Å². The zero-order valence-electron chi connectivity index (χ0n) is 28.7. The molecule has 3 amide bonds. The van der Waals surface area contributed by atoms with Crippen molar-refractivity contribution in [2.45, 2.75) is 79.2 Å². The summed E-state index contributed by atoms with van der Waals surface area (Å²) in [5.74, 6) is -5.40. The third-order valence-electron chi connectivity index (χ3n) is 8.58. The van der Waals surface area contributed by atoms with Crippen LogP contribution in [0.25, 0.3) is 10.8 Å². The van der Waals surface area contributed by atoms with E-state index in [1.54, 1.807) is 6.92 Å². The summed E-state index contributed by atoms with van der Waals surface area (Å²) in [4.78, 5) is 78.0. The first kappa shape index (κ1) is 37.8. The maximum Gasteiger partial charge on any atom is 0.289 e. The molecule has 0 saturated carbocycles. The summed E-state index contributed by atoms with van der Waals surface area (Å²) >= 11 is 0. The van der Waals surface area contributed by atoms with E-state index >= 15 is 0 Å². The number of carbonyl (C=O) groups is 6. The van der Waals surface area contributed by atoms with E-state index in [1.807, 2.05) is 100 Å². The van der Waals surface area contributed by atoms with Crippen LogP contribution in [0, 0.1) is 23.2 Å². The minimum absolute atomic E-state index is 0.000345. The summed E-state index contributed by atoms with van der Waals surface area (Å²) in [6.07, 6.45) is 1.15. The molecular weight excluding hydrogens is 606 g/mol. The van der Waals surface area contributed by atoms with Crippen molar-refractivity contribution in [1.29, 1.82) is 0 Å². The van der Waals surface area contributed by atoms with Gasteiger partial charge in [0.25, 0.3) is 5.91 Å². The van der Waals surface area contributed by atoms with E-state index in [2.05, 4.69) is 10.6 Å². The van der Waals surface area contributed by atoms with Crippen LogP contribution in [0.1, 0.15) is 71.4 Å². The van der Waals surface area contributed by atoms with Crippen molar-refractivity contribution in [3.05, 3.63) is 83.9 Å². The highest BCUT2D eigenvalue weighted by molar-refractivity contribution is 6.38. The Balaban J connectivity index is 1.63. The van der Waals surface area contributed by atoms with Crippen molar-refractivity contribution in [1.82, 2.24) is 10.6 Å². The van der Waals surface area contributed by atoms with E-state index in [0.29, 0.717) is 12.8 Å². The van der Waals surface area contributed by atoms with Gasteiger partial charge in [0.05, 0.1) is 12.6 Å². The molecule has 9 heteroatoms. The van der Waals surface area contributed by atoms with Crippen LogP contribution in [0.3, 0.4) is 0 Å². The first-order valence-corrected chi connectivity index (χ1v) is 16.6. The van der Waals surface area contributed by atoms with Gasteiger partial charge in [0.15, 0.2) is 5.78 Å². The van der Waals surface area contributed by atoms with Crippen LogP contribution in [0.5, 0.6) is 0 Å². The molecule has 0 spiro atoms. The standard InChI is InChI=1S/C39H49N3O6/c1-6-25(2)34(42-37(47)31(23-39(3,4)5)22-32(43)20-26-12-8-7-9-13-26)35(45)38(48)41-24-33(44)21-30(36(40)46)19-27-16-17-28-14-10-11-15-29(28)18-27/h7-18,25,30-31,34H,6,19-24H2,1-5H3,(H2,40,46)(H,41,48)(H,42,47)/t25-,30+,31-,34?/m0/s1. The first-order valence-electron chi connectivity index (χ1n) is 16.6. The number of rotatable bonds is 18. The smallest absolute Gasteiger partial charge is 0.289 e. The molecule has 0 radical (unpaired) electrons. The summed E-state index contributed by atoms with van der Waals surface area (Å²) < 4.78 is 0. The maximum absolute atomic E-state index is 13.6. The predicted molar refractivity (Wildman–Crippen MR) is 187 cm³/mol. The van der Waals surface area contributed by atoms with Crippen LogP contribution in [0.2, 0.25) is 0 Å². The van der Waals surface area contributed by atoms with Gasteiger partial charge in [0, 0.05) is 31.1 Å². The number of hydrogen-bond acceptors (Lipinski definition) is 6. The fourth-order valence-corrected chi connectivity index (χ4v) is 5.82. The lowest BCUT2D eigenvalue weighted by molar-refractivity contribution is -0.142. The Labute approximate surface area is 283 Å². The molecule has 0 aliphatic carbocycles. The quantitative estimate of drug-likeness (QED) is 0.166. The van der Waals surface area contributed by atoms with Gasteiger partial charge in [-0.05, 0) is 46.1 Å². The number of Topliss-reactive ketones (excluding diaryl/α,β-unsaturated/α-hetero) is 3. The molecule has 48 heavy (non-hydrogen) atoms. The third kappa shape index (κ3) is 11.9. The highest BCUT2D eigenvalue weighted by atomic mass is 16.2. The molecule has 3 rings (SSSR count). The monoisotopic (exact) mass is 655 g/mol. The summed E-state index contributed by atoms with van der Waals surface area (Å²) in [5.41, 5.74) is 7.05. The van der Waals surface area contributed by atoms with Gasteiger partial charge in [-0.1, -0.05) is 114 Å². The van der Waals surface area contributed by atoms with E-state index in [0.717, 1.165) is 21.9 Å². The van der Waals surface area contributed by atoms with E-state index in [-0.39, 0.29) is 42.8 Å². The molecule has 1 unspecified atom stereocenters. The molecule has 0 bridgehead atoms. The molecule has 0 aliphatic rings. The maximum atomic E-state index is 13.6. The Morgan fingerprint density at radius 2 is 1.40 bits per heavy atom. The SMILES string of the molecule is CC[C@H](C)C(NC(=O)[C@@H](CC(=O)Cc1ccccc1)CC(C)(C)C)C(=O)C(=O)NCC(=O)C[C@@H](Cc1ccc2ccccc2c1)C(N)=O. The average molecular weight is 656 g/mol. The Morgan fingerprint density at radius 1 is 0.771 bits per heavy atom. The molecule has 4 N–H and O–H groups in total. The number of carbonyl (C=O) groups excluding carboxylic acids is 6. The molecule has 0 aliphatic heterocycles. The fourth-order valence-electron chi connectivity index (χ4n) is 5.82. The highest BCUT2D eigenvalue weighted by Crippen LogP contribution is 2.28. The molecule has 3 aromatic rings. The molecule has 3 aromatic carbocycles. The largest absolute Gasteiger partial charge is 0.369 e. The number of nitrogens with one attached hydrogen (secondary N) is 2. The topological polar surface area (TPSA) is 152 Å². The lowest BCUT2D eigenvalue weighted by atomic mass is 9.81. The van der Waals surface area contributed by atoms with Crippen molar-refractivity contribution in [2.24, 2.45) is 28.9 Å². The lowest BCUT2D eigenvalue weighted by Crippen LogP contribution is -2.53. The highest BCUT2D eigenvalue weighted by Gasteiger charge is 2.35. The van der Waals surface area contributed by atoms with Crippen LogP contribution in [0.4, 0.5) is 0 Å². The third-order valence-corrected chi connectivity index (χ3v) is 8.58. The van der Waals surface area contributed by atoms with E-state index in [1.165, 1.54) is 0 Å². The van der Waals surface area contributed by atoms with Gasteiger partial charge >= 0.3 is 0 Å². The minimum Gasteiger partial charge on any atom is -0.369 e. The molecule has 0 saturated heterocycles. The van der Waals surface area contributed by atoms with Crippen molar-refractivity contribution in [3.63, 3.8) is 0 Å². The summed E-state index contributed by atoms with van der Waals surface area (Å²) in [6, 6.07) is 21.7. The number of fused-ring (bicyclic) bond motifs is 1. The number of nitrogens with two attached hydrogens (primary N) is 1. The summed E-state index contributed by atoms with van der Waals surface area (Å²) in [6.45, 7) is 9.05. The average Bonchev–Trinajstić information content (AvgIpc) is 3.04. The molecule has 0 aromatic heterocycles. The van der Waals surface area contributed by atoms with E-state index < -0.39 is 53.7 Å². The lowest BCUT2D eigenvalue weighted by Gasteiger charge is -2.28. The van der Waals surface area contributed by atoms with E-state index in [9.17, 15) is 28.8 Å². The number of amides is 3. The van der Waals surface area contributed by atoms with Gasteiger partial charge < -0.3 is 16.4 Å². The number of ketones is 3. The molecular formula is C39H49N3O6. The van der Waals surface area contributed by atoms with Gasteiger partial charge in [0.1, 0.15) is 5.78 Å². The molecule has 4 atom stereocenters. The van der Waals surface area contributed by atoms with Gasteiger partial charge in [-0.15, -0.1) is 0 Å². The first-order chi connectivity index (χ1) is 22.7. The van der Waals surface area contributed by atoms with Crippen molar-refractivity contribution < 1.29 is 28.8 Å². The fraction of sp³-hybridized carbons (Fsp3) is 0.436. The summed E-state index contributed by atoms with van der Waals surface area (Å²) in [5, 5.41) is 7.20. The van der Waals surface area contributed by atoms with Gasteiger partial charge in [-0.2, -0.15) is 0 Å². The Hall–Kier alpha value is -4.66. The van der Waals surface area contributed by atoms with Crippen LogP contribution in [-0.2, 0) is 41.6 Å². The second-order valence-corrected chi connectivity index (χ2v) is 14.0. The second kappa shape index (κ2) is 17.5. The summed E-state index contributed by atoms with van der Waals surface area (Å²) in [7, 11) is 0.